The van der Waals surface area contributed by atoms with E-state index in [2.05, 4.69) is 25.5 Å². The Bertz CT molecular complexity index is 927. The summed E-state index contributed by atoms with van der Waals surface area (Å²) >= 11 is 0. The number of fused-ring (bicyclic) bond motifs is 1. The predicted octanol–water partition coefficient (Wildman–Crippen LogP) is 2.93. The van der Waals surface area contributed by atoms with Gasteiger partial charge in [-0.25, -0.2) is 9.37 Å². The van der Waals surface area contributed by atoms with Crippen molar-refractivity contribution in [3.8, 4) is 0 Å². The average Bonchev–Trinajstić information content (AvgIpc) is 3.21. The first kappa shape index (κ1) is 13.4. The number of aromatic nitrogens is 5. The van der Waals surface area contributed by atoms with E-state index in [0.717, 1.165) is 11.2 Å². The average molecular weight is 308 g/mol. The standard InChI is InChI=1S/C16H13FN6/c17-12-5-3-11(4-6-12)10-14-19-15-2-1-9-23(15)16(21-14)20-13-7-8-18-22-13/h1-9H,10H2,(H2,18,19,20,21,22). The maximum Gasteiger partial charge on any atom is 0.216 e. The Labute approximate surface area is 131 Å². The molecule has 23 heavy (non-hydrogen) atoms. The molecule has 0 aliphatic carbocycles. The fourth-order valence-electron chi connectivity index (χ4n) is 2.37. The van der Waals surface area contributed by atoms with Crippen molar-refractivity contribution in [2.75, 3.05) is 5.32 Å². The van der Waals surface area contributed by atoms with Gasteiger partial charge in [0, 0.05) is 24.9 Å². The fourth-order valence-corrected chi connectivity index (χ4v) is 2.37. The van der Waals surface area contributed by atoms with Crippen LogP contribution in [0, 0.1) is 5.82 Å². The van der Waals surface area contributed by atoms with E-state index in [1.807, 2.05) is 28.8 Å². The van der Waals surface area contributed by atoms with Gasteiger partial charge < -0.3 is 5.32 Å². The largest absolute Gasteiger partial charge is 0.308 e. The number of H-pyrrole nitrogens is 1. The molecular weight excluding hydrogens is 295 g/mol. The molecule has 0 radical (unpaired) electrons. The summed E-state index contributed by atoms with van der Waals surface area (Å²) in [6.07, 6.45) is 4.14. The van der Waals surface area contributed by atoms with Crippen molar-refractivity contribution in [1.82, 2.24) is 24.6 Å². The van der Waals surface area contributed by atoms with Crippen LogP contribution in [0.2, 0.25) is 0 Å². The number of hydrogen-bond donors (Lipinski definition) is 2. The highest BCUT2D eigenvalue weighted by Gasteiger charge is 2.09. The summed E-state index contributed by atoms with van der Waals surface area (Å²) in [7, 11) is 0. The number of anilines is 2. The highest BCUT2D eigenvalue weighted by atomic mass is 19.1. The molecule has 0 atom stereocenters. The van der Waals surface area contributed by atoms with Gasteiger partial charge in [0.2, 0.25) is 5.95 Å². The van der Waals surface area contributed by atoms with Crippen molar-refractivity contribution in [3.05, 3.63) is 72.1 Å². The third kappa shape index (κ3) is 2.76. The minimum absolute atomic E-state index is 0.252. The number of nitrogens with one attached hydrogen (secondary N) is 2. The summed E-state index contributed by atoms with van der Waals surface area (Å²) in [5.41, 5.74) is 1.74. The molecular formula is C16H13FN6. The Kier molecular flexibility index (Phi) is 3.23. The summed E-state index contributed by atoms with van der Waals surface area (Å²) in [4.78, 5) is 9.09. The molecule has 2 N–H and O–H groups in total. The van der Waals surface area contributed by atoms with Crippen molar-refractivity contribution in [3.63, 3.8) is 0 Å². The Morgan fingerprint density at radius 1 is 1.09 bits per heavy atom. The molecule has 7 heteroatoms. The van der Waals surface area contributed by atoms with Crippen LogP contribution in [0.25, 0.3) is 5.65 Å². The first-order chi connectivity index (χ1) is 11.3. The zero-order chi connectivity index (χ0) is 15.6. The molecule has 0 saturated heterocycles. The van der Waals surface area contributed by atoms with Crippen molar-refractivity contribution in [2.24, 2.45) is 0 Å². The number of aromatic amines is 1. The third-order valence-corrected chi connectivity index (χ3v) is 3.45. The van der Waals surface area contributed by atoms with Crippen LogP contribution in [0.1, 0.15) is 11.4 Å². The molecule has 114 valence electrons. The Morgan fingerprint density at radius 3 is 2.74 bits per heavy atom. The van der Waals surface area contributed by atoms with Crippen LogP contribution in [0.3, 0.4) is 0 Å². The van der Waals surface area contributed by atoms with Gasteiger partial charge in [0.05, 0.1) is 0 Å². The van der Waals surface area contributed by atoms with Gasteiger partial charge in [-0.3, -0.25) is 9.50 Å². The second kappa shape index (κ2) is 5.53. The van der Waals surface area contributed by atoms with E-state index >= 15 is 0 Å². The molecule has 0 bridgehead atoms. The molecule has 4 rings (SSSR count). The van der Waals surface area contributed by atoms with Crippen LogP contribution >= 0.6 is 0 Å². The molecule has 4 aromatic rings. The van der Waals surface area contributed by atoms with Crippen LogP contribution in [-0.4, -0.2) is 24.6 Å². The van der Waals surface area contributed by atoms with E-state index in [1.54, 1.807) is 18.3 Å². The van der Waals surface area contributed by atoms with Gasteiger partial charge in [0.25, 0.3) is 0 Å². The molecule has 0 aliphatic heterocycles. The second-order valence-corrected chi connectivity index (χ2v) is 5.09. The summed E-state index contributed by atoms with van der Waals surface area (Å²) in [6.45, 7) is 0. The van der Waals surface area contributed by atoms with E-state index in [1.165, 1.54) is 12.1 Å². The topological polar surface area (TPSA) is 70.9 Å². The first-order valence-corrected chi connectivity index (χ1v) is 7.13. The first-order valence-electron chi connectivity index (χ1n) is 7.13. The van der Waals surface area contributed by atoms with E-state index in [0.29, 0.717) is 24.0 Å². The lowest BCUT2D eigenvalue weighted by atomic mass is 10.1. The molecule has 1 aromatic carbocycles. The van der Waals surface area contributed by atoms with E-state index in [4.69, 9.17) is 0 Å². The summed E-state index contributed by atoms with van der Waals surface area (Å²) in [6, 6.07) is 12.0. The highest BCUT2D eigenvalue weighted by Crippen LogP contribution is 2.16. The van der Waals surface area contributed by atoms with Crippen LogP contribution in [-0.2, 0) is 6.42 Å². The number of hydrogen-bond acceptors (Lipinski definition) is 4. The maximum atomic E-state index is 13.0. The molecule has 0 aliphatic rings. The summed E-state index contributed by atoms with van der Waals surface area (Å²) in [5, 5.41) is 9.98. The molecule has 0 saturated carbocycles. The lowest BCUT2D eigenvalue weighted by Gasteiger charge is -2.08. The van der Waals surface area contributed by atoms with Gasteiger partial charge in [0.15, 0.2) is 5.82 Å². The van der Waals surface area contributed by atoms with Gasteiger partial charge in [-0.15, -0.1) is 0 Å². The number of halogens is 1. The van der Waals surface area contributed by atoms with E-state index < -0.39 is 0 Å². The molecule has 0 fully saturated rings. The Balaban J connectivity index is 1.71. The predicted molar refractivity (Wildman–Crippen MR) is 84.1 cm³/mol. The van der Waals surface area contributed by atoms with E-state index in [9.17, 15) is 4.39 Å². The zero-order valence-electron chi connectivity index (χ0n) is 12.1. The molecule has 0 unspecified atom stereocenters. The molecule has 6 nitrogen and oxygen atoms in total. The Morgan fingerprint density at radius 2 is 1.96 bits per heavy atom. The van der Waals surface area contributed by atoms with Gasteiger partial charge in [0.1, 0.15) is 17.3 Å². The Hall–Kier alpha value is -3.22. The SMILES string of the molecule is Fc1ccc(Cc2nc(Nc3cc[nH]n3)n3cccc3n2)cc1. The lowest BCUT2D eigenvalue weighted by Crippen LogP contribution is -2.07. The van der Waals surface area contributed by atoms with Crippen LogP contribution < -0.4 is 5.32 Å². The van der Waals surface area contributed by atoms with Crippen LogP contribution in [0.15, 0.2) is 54.9 Å². The number of nitrogens with zero attached hydrogens (tertiary/aromatic N) is 4. The molecule has 3 heterocycles. The number of rotatable bonds is 4. The smallest absolute Gasteiger partial charge is 0.216 e. The van der Waals surface area contributed by atoms with Crippen molar-refractivity contribution in [1.29, 1.82) is 0 Å². The molecule has 0 spiro atoms. The normalized spacial score (nSPS) is 11.0. The number of benzene rings is 1. The lowest BCUT2D eigenvalue weighted by molar-refractivity contribution is 0.627. The maximum absolute atomic E-state index is 13.0. The quantitative estimate of drug-likeness (QED) is 0.608. The molecule has 3 aromatic heterocycles. The summed E-state index contributed by atoms with van der Waals surface area (Å²) in [5.74, 6) is 1.70. The fraction of sp³-hybridized carbons (Fsp3) is 0.0625. The van der Waals surface area contributed by atoms with Gasteiger partial charge in [-0.05, 0) is 29.8 Å². The van der Waals surface area contributed by atoms with Crippen LogP contribution in [0.4, 0.5) is 16.2 Å². The second-order valence-electron chi connectivity index (χ2n) is 5.09. The highest BCUT2D eigenvalue weighted by molar-refractivity contribution is 5.53. The van der Waals surface area contributed by atoms with Gasteiger partial charge in [-0.1, -0.05) is 12.1 Å². The van der Waals surface area contributed by atoms with Crippen molar-refractivity contribution in [2.45, 2.75) is 6.42 Å². The van der Waals surface area contributed by atoms with Crippen LogP contribution in [0.5, 0.6) is 0 Å². The summed E-state index contributed by atoms with van der Waals surface area (Å²) < 4.78 is 14.9. The van der Waals surface area contributed by atoms with Crippen molar-refractivity contribution >= 4 is 17.4 Å². The third-order valence-electron chi connectivity index (χ3n) is 3.45. The monoisotopic (exact) mass is 308 g/mol. The van der Waals surface area contributed by atoms with Crippen molar-refractivity contribution < 1.29 is 4.39 Å². The molecule has 0 amide bonds. The minimum atomic E-state index is -0.252. The van der Waals surface area contributed by atoms with Gasteiger partial charge in [-0.2, -0.15) is 10.1 Å². The zero-order valence-corrected chi connectivity index (χ0v) is 12.1. The van der Waals surface area contributed by atoms with E-state index in [-0.39, 0.29) is 5.82 Å². The van der Waals surface area contributed by atoms with Gasteiger partial charge >= 0.3 is 0 Å². The minimum Gasteiger partial charge on any atom is -0.308 e.